The Bertz CT molecular complexity index is 478. The fourth-order valence-corrected chi connectivity index (χ4v) is 5.42. The van der Waals surface area contributed by atoms with E-state index in [1.807, 2.05) is 6.92 Å². The van der Waals surface area contributed by atoms with E-state index in [1.54, 1.807) is 6.07 Å². The first-order valence-corrected chi connectivity index (χ1v) is 8.07. The van der Waals surface area contributed by atoms with Crippen molar-refractivity contribution < 1.29 is 8.42 Å². The van der Waals surface area contributed by atoms with Crippen molar-refractivity contribution in [1.29, 1.82) is 0 Å². The van der Waals surface area contributed by atoms with E-state index in [-0.39, 0.29) is 6.04 Å². The number of hydrogen-bond acceptors (Lipinski definition) is 4. The lowest BCUT2D eigenvalue weighted by molar-refractivity contribution is 0.560. The molecule has 4 nitrogen and oxygen atoms in total. The van der Waals surface area contributed by atoms with E-state index in [0.717, 1.165) is 21.6 Å². The van der Waals surface area contributed by atoms with Crippen LogP contribution in [0, 0.1) is 6.92 Å². The van der Waals surface area contributed by atoms with Gasteiger partial charge < -0.3 is 5.32 Å². The fraction of sp³-hybridized carbons (Fsp3) is 0.556. The standard InChI is InChI=1S/C9H13BrN2O2S2/c1-6-8(4-9(10)15-6)16(13,14)12-7-2-3-11-5-7/h4,7,11-12H,2-3,5H2,1H3/t7-/m0/s1. The summed E-state index contributed by atoms with van der Waals surface area (Å²) in [4.78, 5) is 1.20. The van der Waals surface area contributed by atoms with E-state index in [1.165, 1.54) is 11.3 Å². The summed E-state index contributed by atoms with van der Waals surface area (Å²) in [5.41, 5.74) is 0. The molecule has 1 fully saturated rings. The minimum atomic E-state index is -3.36. The number of thiophene rings is 1. The van der Waals surface area contributed by atoms with E-state index < -0.39 is 10.0 Å². The molecular formula is C9H13BrN2O2S2. The number of hydrogen-bond donors (Lipinski definition) is 2. The Balaban J connectivity index is 2.21. The predicted molar refractivity (Wildman–Crippen MR) is 68.4 cm³/mol. The van der Waals surface area contributed by atoms with Gasteiger partial charge >= 0.3 is 0 Å². The number of aryl methyl sites for hydroxylation is 1. The molecule has 1 aliphatic rings. The second kappa shape index (κ2) is 4.73. The Morgan fingerprint density at radius 1 is 1.62 bits per heavy atom. The van der Waals surface area contributed by atoms with Gasteiger partial charge in [0, 0.05) is 17.5 Å². The van der Waals surface area contributed by atoms with Crippen LogP contribution in [0.2, 0.25) is 0 Å². The fourth-order valence-electron chi connectivity index (χ4n) is 1.74. The van der Waals surface area contributed by atoms with Gasteiger partial charge in [-0.1, -0.05) is 0 Å². The van der Waals surface area contributed by atoms with Crippen LogP contribution in [0.15, 0.2) is 14.7 Å². The lowest BCUT2D eigenvalue weighted by Crippen LogP contribution is -2.36. The van der Waals surface area contributed by atoms with Crippen molar-refractivity contribution >= 4 is 37.3 Å². The van der Waals surface area contributed by atoms with Gasteiger partial charge in [0.25, 0.3) is 0 Å². The highest BCUT2D eigenvalue weighted by Crippen LogP contribution is 2.29. The van der Waals surface area contributed by atoms with Crippen LogP contribution in [0.3, 0.4) is 0 Å². The Kier molecular flexibility index (Phi) is 3.70. The third-order valence-corrected chi connectivity index (χ3v) is 5.84. The summed E-state index contributed by atoms with van der Waals surface area (Å²) in [5.74, 6) is 0. The molecule has 1 aromatic heterocycles. The van der Waals surface area contributed by atoms with E-state index >= 15 is 0 Å². The van der Waals surface area contributed by atoms with E-state index in [9.17, 15) is 8.42 Å². The number of sulfonamides is 1. The van der Waals surface area contributed by atoms with Crippen LogP contribution in [0.4, 0.5) is 0 Å². The van der Waals surface area contributed by atoms with Gasteiger partial charge in [-0.25, -0.2) is 13.1 Å². The van der Waals surface area contributed by atoms with Crippen LogP contribution in [0.5, 0.6) is 0 Å². The zero-order valence-corrected chi connectivity index (χ0v) is 12.0. The molecule has 0 aromatic carbocycles. The zero-order chi connectivity index (χ0) is 11.8. The van der Waals surface area contributed by atoms with E-state index in [4.69, 9.17) is 0 Å². The monoisotopic (exact) mass is 324 g/mol. The normalized spacial score (nSPS) is 21.5. The van der Waals surface area contributed by atoms with Gasteiger partial charge in [0.2, 0.25) is 10.0 Å². The Morgan fingerprint density at radius 2 is 2.38 bits per heavy atom. The molecule has 0 aliphatic carbocycles. The third kappa shape index (κ3) is 2.65. The average Bonchev–Trinajstić information content (AvgIpc) is 2.75. The van der Waals surface area contributed by atoms with Crippen molar-refractivity contribution in [1.82, 2.24) is 10.0 Å². The van der Waals surface area contributed by atoms with Gasteiger partial charge in [-0.2, -0.15) is 0 Å². The van der Waals surface area contributed by atoms with Crippen LogP contribution in [-0.2, 0) is 10.0 Å². The smallest absolute Gasteiger partial charge is 0.241 e. The van der Waals surface area contributed by atoms with Gasteiger partial charge in [0.15, 0.2) is 0 Å². The Morgan fingerprint density at radius 3 is 2.88 bits per heavy atom. The Labute approximate surface area is 108 Å². The molecular weight excluding hydrogens is 312 g/mol. The zero-order valence-electron chi connectivity index (χ0n) is 8.79. The third-order valence-electron chi connectivity index (χ3n) is 2.51. The van der Waals surface area contributed by atoms with E-state index in [2.05, 4.69) is 26.0 Å². The van der Waals surface area contributed by atoms with Crippen LogP contribution in [0.1, 0.15) is 11.3 Å². The molecule has 2 heterocycles. The molecule has 1 saturated heterocycles. The summed E-state index contributed by atoms with van der Waals surface area (Å²) in [6.07, 6.45) is 0.851. The minimum Gasteiger partial charge on any atom is -0.315 e. The second-order valence-electron chi connectivity index (χ2n) is 3.78. The van der Waals surface area contributed by atoms with Gasteiger partial charge in [-0.05, 0) is 41.9 Å². The van der Waals surface area contributed by atoms with Gasteiger partial charge in [-0.3, -0.25) is 0 Å². The van der Waals surface area contributed by atoms with Crippen molar-refractivity contribution in [2.45, 2.75) is 24.3 Å². The topological polar surface area (TPSA) is 58.2 Å². The molecule has 1 atom stereocenters. The first-order chi connectivity index (χ1) is 7.49. The molecule has 1 aromatic rings. The van der Waals surface area contributed by atoms with E-state index in [0.29, 0.717) is 11.4 Å². The summed E-state index contributed by atoms with van der Waals surface area (Å²) < 4.78 is 27.7. The van der Waals surface area contributed by atoms with Crippen molar-refractivity contribution in [3.8, 4) is 0 Å². The summed E-state index contributed by atoms with van der Waals surface area (Å²) in [5, 5.41) is 3.13. The highest BCUT2D eigenvalue weighted by molar-refractivity contribution is 9.11. The molecule has 2 N–H and O–H groups in total. The van der Waals surface area contributed by atoms with Crippen LogP contribution in [0.25, 0.3) is 0 Å². The molecule has 0 amide bonds. The second-order valence-corrected chi connectivity index (χ2v) is 8.10. The molecule has 0 radical (unpaired) electrons. The maximum atomic E-state index is 12.1. The predicted octanol–water partition coefficient (Wildman–Crippen LogP) is 1.46. The lowest BCUT2D eigenvalue weighted by Gasteiger charge is -2.11. The average molecular weight is 325 g/mol. The van der Waals surface area contributed by atoms with Crippen molar-refractivity contribution in [2.24, 2.45) is 0 Å². The van der Waals surface area contributed by atoms with Gasteiger partial charge in [0.1, 0.15) is 0 Å². The lowest BCUT2D eigenvalue weighted by atomic mass is 10.3. The van der Waals surface area contributed by atoms with Crippen molar-refractivity contribution in [3.63, 3.8) is 0 Å². The molecule has 1 aliphatic heterocycles. The molecule has 2 rings (SSSR count). The minimum absolute atomic E-state index is 0.0167. The Hall–Kier alpha value is 0.0500. The largest absolute Gasteiger partial charge is 0.315 e. The summed E-state index contributed by atoms with van der Waals surface area (Å²) in [6.45, 7) is 3.40. The molecule has 7 heteroatoms. The highest BCUT2D eigenvalue weighted by Gasteiger charge is 2.25. The van der Waals surface area contributed by atoms with Crippen molar-refractivity contribution in [2.75, 3.05) is 13.1 Å². The van der Waals surface area contributed by atoms with Gasteiger partial charge in [-0.15, -0.1) is 11.3 Å². The molecule has 90 valence electrons. The maximum absolute atomic E-state index is 12.1. The quantitative estimate of drug-likeness (QED) is 0.885. The van der Waals surface area contributed by atoms with Crippen LogP contribution >= 0.6 is 27.3 Å². The molecule has 16 heavy (non-hydrogen) atoms. The first-order valence-electron chi connectivity index (χ1n) is 4.98. The molecule has 0 bridgehead atoms. The SMILES string of the molecule is Cc1sc(Br)cc1S(=O)(=O)N[C@H]1CCNC1. The number of halogens is 1. The molecule has 0 spiro atoms. The maximum Gasteiger partial charge on any atom is 0.241 e. The van der Waals surface area contributed by atoms with Gasteiger partial charge in [0.05, 0.1) is 8.68 Å². The van der Waals surface area contributed by atoms with Crippen LogP contribution in [-0.4, -0.2) is 27.5 Å². The van der Waals surface area contributed by atoms with Crippen LogP contribution < -0.4 is 10.0 Å². The molecule has 0 saturated carbocycles. The molecule has 0 unspecified atom stereocenters. The first kappa shape index (κ1) is 12.5. The summed E-state index contributed by atoms with van der Waals surface area (Å²) in [6, 6.07) is 1.67. The van der Waals surface area contributed by atoms with Crippen molar-refractivity contribution in [3.05, 3.63) is 14.7 Å². The number of rotatable bonds is 3. The highest BCUT2D eigenvalue weighted by atomic mass is 79.9. The summed E-state index contributed by atoms with van der Waals surface area (Å²) >= 11 is 4.74. The summed E-state index contributed by atoms with van der Waals surface area (Å²) in [7, 11) is -3.36. The number of nitrogens with one attached hydrogen (secondary N) is 2.